The Bertz CT molecular complexity index is 581. The van der Waals surface area contributed by atoms with Crippen LogP contribution in [0.1, 0.15) is 31.9 Å². The molecule has 3 N–H and O–H groups in total. The number of hydrazine groups is 1. The van der Waals surface area contributed by atoms with E-state index in [1.807, 2.05) is 12.3 Å². The van der Waals surface area contributed by atoms with Gasteiger partial charge in [-0.2, -0.15) is 0 Å². The number of rotatable bonds is 5. The van der Waals surface area contributed by atoms with E-state index in [0.29, 0.717) is 0 Å². The number of likely N-dealkylation sites (N-methyl/N-ethyl adjacent to an activating group) is 1. The standard InChI is InChI=1S/C16H24N4/c1-5-16(2,20(3)4)15(19-17)13-9-8-12-7-6-10-18-14(12)11-13/h6-11,15,19H,5,17H2,1-4H3. The van der Waals surface area contributed by atoms with Gasteiger partial charge in [-0.15, -0.1) is 0 Å². The summed E-state index contributed by atoms with van der Waals surface area (Å²) in [7, 11) is 4.18. The second kappa shape index (κ2) is 5.87. The Morgan fingerprint density at radius 1 is 1.35 bits per heavy atom. The van der Waals surface area contributed by atoms with E-state index in [4.69, 9.17) is 5.84 Å². The maximum Gasteiger partial charge on any atom is 0.0705 e. The fourth-order valence-corrected chi connectivity index (χ4v) is 2.68. The van der Waals surface area contributed by atoms with Crippen molar-refractivity contribution >= 4 is 10.9 Å². The first-order valence-electron chi connectivity index (χ1n) is 7.01. The Morgan fingerprint density at radius 3 is 2.70 bits per heavy atom. The molecule has 2 atom stereocenters. The van der Waals surface area contributed by atoms with Crippen molar-refractivity contribution in [3.8, 4) is 0 Å². The first-order chi connectivity index (χ1) is 9.52. The van der Waals surface area contributed by atoms with Crippen LogP contribution in [0, 0.1) is 0 Å². The minimum Gasteiger partial charge on any atom is -0.302 e. The molecule has 0 bridgehead atoms. The van der Waals surface area contributed by atoms with E-state index in [-0.39, 0.29) is 11.6 Å². The molecule has 4 nitrogen and oxygen atoms in total. The van der Waals surface area contributed by atoms with E-state index in [1.54, 1.807) is 0 Å². The van der Waals surface area contributed by atoms with Crippen molar-refractivity contribution in [3.63, 3.8) is 0 Å². The summed E-state index contributed by atoms with van der Waals surface area (Å²) in [5.74, 6) is 5.85. The average Bonchev–Trinajstić information content (AvgIpc) is 2.47. The van der Waals surface area contributed by atoms with Gasteiger partial charge >= 0.3 is 0 Å². The molecule has 0 aliphatic carbocycles. The quantitative estimate of drug-likeness (QED) is 0.648. The number of aromatic nitrogens is 1. The SMILES string of the molecule is CCC(C)(C(NN)c1ccc2cccnc2c1)N(C)C. The normalized spacial score (nSPS) is 16.3. The largest absolute Gasteiger partial charge is 0.302 e. The van der Waals surface area contributed by atoms with Crippen LogP contribution in [0.15, 0.2) is 36.5 Å². The zero-order valence-corrected chi connectivity index (χ0v) is 12.7. The van der Waals surface area contributed by atoms with Gasteiger partial charge in [-0.05, 0) is 45.1 Å². The molecule has 1 aromatic heterocycles. The van der Waals surface area contributed by atoms with Crippen molar-refractivity contribution < 1.29 is 0 Å². The zero-order valence-electron chi connectivity index (χ0n) is 12.7. The molecule has 108 valence electrons. The van der Waals surface area contributed by atoms with Crippen molar-refractivity contribution in [2.45, 2.75) is 31.8 Å². The average molecular weight is 272 g/mol. The molecular weight excluding hydrogens is 248 g/mol. The lowest BCUT2D eigenvalue weighted by molar-refractivity contribution is 0.113. The van der Waals surface area contributed by atoms with Crippen LogP contribution in [0.25, 0.3) is 10.9 Å². The second-order valence-corrected chi connectivity index (χ2v) is 5.66. The molecule has 0 aliphatic rings. The van der Waals surface area contributed by atoms with Gasteiger partial charge in [0, 0.05) is 17.1 Å². The second-order valence-electron chi connectivity index (χ2n) is 5.66. The third-order valence-corrected chi connectivity index (χ3v) is 4.49. The molecule has 0 radical (unpaired) electrons. The summed E-state index contributed by atoms with van der Waals surface area (Å²) in [6.45, 7) is 4.41. The fourth-order valence-electron chi connectivity index (χ4n) is 2.68. The molecule has 0 aliphatic heterocycles. The summed E-state index contributed by atoms with van der Waals surface area (Å²) in [4.78, 5) is 6.65. The van der Waals surface area contributed by atoms with Gasteiger partial charge in [0.1, 0.15) is 0 Å². The maximum absolute atomic E-state index is 5.85. The Balaban J connectivity index is 2.48. The van der Waals surface area contributed by atoms with Gasteiger partial charge in [-0.1, -0.05) is 25.1 Å². The number of pyridine rings is 1. The highest BCUT2D eigenvalue weighted by Crippen LogP contribution is 2.33. The number of benzene rings is 1. The van der Waals surface area contributed by atoms with Crippen LogP contribution < -0.4 is 11.3 Å². The van der Waals surface area contributed by atoms with E-state index >= 15 is 0 Å². The molecule has 0 fully saturated rings. The molecule has 2 unspecified atom stereocenters. The van der Waals surface area contributed by atoms with Crippen molar-refractivity contribution in [3.05, 3.63) is 42.1 Å². The smallest absolute Gasteiger partial charge is 0.0705 e. The van der Waals surface area contributed by atoms with E-state index in [9.17, 15) is 0 Å². The molecular formula is C16H24N4. The van der Waals surface area contributed by atoms with Crippen molar-refractivity contribution in [2.24, 2.45) is 5.84 Å². The number of nitrogens with two attached hydrogens (primary N) is 1. The van der Waals surface area contributed by atoms with Gasteiger partial charge < -0.3 is 4.90 Å². The summed E-state index contributed by atoms with van der Waals surface area (Å²) in [6.07, 6.45) is 2.82. The molecule has 1 aromatic carbocycles. The molecule has 0 saturated carbocycles. The molecule has 0 amide bonds. The summed E-state index contributed by atoms with van der Waals surface area (Å²) in [5, 5.41) is 1.15. The van der Waals surface area contributed by atoms with Gasteiger partial charge in [0.2, 0.25) is 0 Å². The number of hydrogen-bond donors (Lipinski definition) is 2. The Labute approximate surface area is 121 Å². The number of fused-ring (bicyclic) bond motifs is 1. The van der Waals surface area contributed by atoms with Crippen molar-refractivity contribution in [2.75, 3.05) is 14.1 Å². The van der Waals surface area contributed by atoms with Gasteiger partial charge in [0.25, 0.3) is 0 Å². The van der Waals surface area contributed by atoms with Crippen LogP contribution in [0.3, 0.4) is 0 Å². The Morgan fingerprint density at radius 2 is 2.10 bits per heavy atom. The predicted octanol–water partition coefficient (Wildman–Crippen LogP) is 2.47. The first-order valence-corrected chi connectivity index (χ1v) is 7.01. The Kier molecular flexibility index (Phi) is 4.38. The minimum absolute atomic E-state index is 0.0499. The minimum atomic E-state index is -0.0583. The molecule has 0 saturated heterocycles. The summed E-state index contributed by atoms with van der Waals surface area (Å²) in [6, 6.07) is 10.4. The van der Waals surface area contributed by atoms with E-state index in [0.717, 1.165) is 22.9 Å². The molecule has 0 spiro atoms. The third-order valence-electron chi connectivity index (χ3n) is 4.49. The van der Waals surface area contributed by atoms with Crippen LogP contribution in [-0.2, 0) is 0 Å². The topological polar surface area (TPSA) is 54.2 Å². The van der Waals surface area contributed by atoms with Crippen molar-refractivity contribution in [1.82, 2.24) is 15.3 Å². The van der Waals surface area contributed by atoms with Gasteiger partial charge in [-0.25, -0.2) is 0 Å². The van der Waals surface area contributed by atoms with Gasteiger partial charge in [0.15, 0.2) is 0 Å². The summed E-state index contributed by atoms with van der Waals surface area (Å²) in [5.41, 5.74) is 5.09. The molecule has 2 rings (SSSR count). The van der Waals surface area contributed by atoms with Crippen LogP contribution in [0.2, 0.25) is 0 Å². The highest BCUT2D eigenvalue weighted by Gasteiger charge is 2.35. The van der Waals surface area contributed by atoms with E-state index in [1.165, 1.54) is 0 Å². The lowest BCUT2D eigenvalue weighted by Gasteiger charge is -2.42. The van der Waals surface area contributed by atoms with Crippen LogP contribution in [0.4, 0.5) is 0 Å². The molecule has 2 aromatic rings. The first kappa shape index (κ1) is 14.9. The van der Waals surface area contributed by atoms with Gasteiger partial charge in [-0.3, -0.25) is 16.3 Å². The zero-order chi connectivity index (χ0) is 14.8. The molecule has 4 heteroatoms. The van der Waals surface area contributed by atoms with E-state index in [2.05, 4.69) is 67.5 Å². The van der Waals surface area contributed by atoms with Crippen LogP contribution in [0.5, 0.6) is 0 Å². The van der Waals surface area contributed by atoms with Crippen LogP contribution >= 0.6 is 0 Å². The van der Waals surface area contributed by atoms with Crippen molar-refractivity contribution in [1.29, 1.82) is 0 Å². The lowest BCUT2D eigenvalue weighted by Crippen LogP contribution is -2.52. The summed E-state index contributed by atoms with van der Waals surface area (Å²) < 4.78 is 0. The van der Waals surface area contributed by atoms with E-state index < -0.39 is 0 Å². The lowest BCUT2D eigenvalue weighted by atomic mass is 9.83. The fraction of sp³-hybridized carbons (Fsp3) is 0.438. The number of nitrogens with one attached hydrogen (secondary N) is 1. The third kappa shape index (κ3) is 2.54. The summed E-state index contributed by atoms with van der Waals surface area (Å²) >= 11 is 0. The Hall–Kier alpha value is -1.49. The molecule has 1 heterocycles. The number of hydrogen-bond acceptors (Lipinski definition) is 4. The maximum atomic E-state index is 5.85. The highest BCUT2D eigenvalue weighted by atomic mass is 15.3. The van der Waals surface area contributed by atoms with Crippen LogP contribution in [-0.4, -0.2) is 29.5 Å². The monoisotopic (exact) mass is 272 g/mol. The highest BCUT2D eigenvalue weighted by molar-refractivity contribution is 5.79. The van der Waals surface area contributed by atoms with Gasteiger partial charge in [0.05, 0.1) is 11.6 Å². The molecule has 20 heavy (non-hydrogen) atoms. The predicted molar refractivity (Wildman–Crippen MR) is 84.2 cm³/mol. The number of nitrogens with zero attached hydrogens (tertiary/aromatic N) is 2.